The second-order valence-electron chi connectivity index (χ2n) is 3.78. The molecule has 0 amide bonds. The topological polar surface area (TPSA) is 24.9 Å². The minimum atomic E-state index is 0.195. The first-order valence-corrected chi connectivity index (χ1v) is 6.45. The summed E-state index contributed by atoms with van der Waals surface area (Å²) < 4.78 is 0.902. The second kappa shape index (κ2) is 5.52. The Hall–Kier alpha value is -1.06. The van der Waals surface area contributed by atoms with Gasteiger partial charge in [0.1, 0.15) is 0 Å². The monoisotopic (exact) mass is 310 g/mol. The average molecular weight is 312 g/mol. The third-order valence-electron chi connectivity index (χ3n) is 2.49. The molecule has 0 radical (unpaired) electrons. The van der Waals surface area contributed by atoms with Gasteiger partial charge in [0, 0.05) is 22.6 Å². The molecule has 0 bridgehead atoms. The van der Waals surface area contributed by atoms with Crippen molar-refractivity contribution in [3.8, 4) is 0 Å². The molecule has 2 aromatic rings. The lowest BCUT2D eigenvalue weighted by Crippen LogP contribution is -2.06. The van der Waals surface area contributed by atoms with Crippen LogP contribution in [0.1, 0.15) is 18.5 Å². The van der Waals surface area contributed by atoms with Crippen molar-refractivity contribution in [3.05, 3.63) is 57.8 Å². The number of halogens is 2. The van der Waals surface area contributed by atoms with Gasteiger partial charge in [0.25, 0.3) is 0 Å². The lowest BCUT2D eigenvalue weighted by molar-refractivity contribution is 0.876. The Balaban J connectivity index is 2.13. The van der Waals surface area contributed by atoms with Crippen LogP contribution in [-0.4, -0.2) is 4.98 Å². The van der Waals surface area contributed by atoms with Gasteiger partial charge in [-0.15, -0.1) is 0 Å². The van der Waals surface area contributed by atoms with E-state index in [9.17, 15) is 0 Å². The lowest BCUT2D eigenvalue weighted by Gasteiger charge is -2.15. The molecule has 0 aliphatic rings. The van der Waals surface area contributed by atoms with Gasteiger partial charge in [0.2, 0.25) is 0 Å². The number of nitrogens with one attached hydrogen (secondary N) is 1. The third-order valence-corrected chi connectivity index (χ3v) is 3.72. The lowest BCUT2D eigenvalue weighted by atomic mass is 10.1. The summed E-state index contributed by atoms with van der Waals surface area (Å²) in [5.74, 6) is 0. The molecule has 1 unspecified atom stereocenters. The Morgan fingerprint density at radius 1 is 1.35 bits per heavy atom. The predicted molar refractivity (Wildman–Crippen MR) is 75.4 cm³/mol. The summed E-state index contributed by atoms with van der Waals surface area (Å²) in [4.78, 5) is 4.11. The summed E-state index contributed by atoms with van der Waals surface area (Å²) in [6.45, 7) is 2.09. The van der Waals surface area contributed by atoms with Crippen molar-refractivity contribution in [2.45, 2.75) is 13.0 Å². The molecule has 2 nitrogen and oxygen atoms in total. The first kappa shape index (κ1) is 12.4. The summed E-state index contributed by atoms with van der Waals surface area (Å²) in [6, 6.07) is 10.00. The number of benzene rings is 1. The van der Waals surface area contributed by atoms with Gasteiger partial charge in [0.15, 0.2) is 0 Å². The first-order valence-electron chi connectivity index (χ1n) is 5.28. The van der Waals surface area contributed by atoms with Gasteiger partial charge in [-0.2, -0.15) is 0 Å². The van der Waals surface area contributed by atoms with Crippen molar-refractivity contribution in [2.24, 2.45) is 0 Å². The third kappa shape index (κ3) is 3.20. The van der Waals surface area contributed by atoms with Gasteiger partial charge < -0.3 is 5.32 Å². The van der Waals surface area contributed by atoms with Crippen LogP contribution in [0, 0.1) is 0 Å². The summed E-state index contributed by atoms with van der Waals surface area (Å²) in [5, 5.41) is 4.08. The van der Waals surface area contributed by atoms with Crippen molar-refractivity contribution in [2.75, 3.05) is 5.32 Å². The van der Waals surface area contributed by atoms with Crippen molar-refractivity contribution in [1.29, 1.82) is 0 Å². The Morgan fingerprint density at radius 3 is 2.82 bits per heavy atom. The molecular weight excluding hydrogens is 300 g/mol. The smallest absolute Gasteiger partial charge is 0.0568 e. The number of anilines is 1. The van der Waals surface area contributed by atoms with Gasteiger partial charge in [0.05, 0.1) is 11.1 Å². The quantitative estimate of drug-likeness (QED) is 0.891. The molecule has 0 fully saturated rings. The highest BCUT2D eigenvalue weighted by Gasteiger charge is 2.06. The van der Waals surface area contributed by atoms with Gasteiger partial charge in [-0.1, -0.05) is 17.7 Å². The van der Waals surface area contributed by atoms with Gasteiger partial charge in [-0.25, -0.2) is 0 Å². The first-order chi connectivity index (χ1) is 8.16. The molecule has 0 saturated carbocycles. The Kier molecular flexibility index (Phi) is 4.02. The van der Waals surface area contributed by atoms with Gasteiger partial charge >= 0.3 is 0 Å². The maximum Gasteiger partial charge on any atom is 0.0568 e. The Morgan fingerprint density at radius 2 is 2.18 bits per heavy atom. The molecule has 88 valence electrons. The summed E-state index contributed by atoms with van der Waals surface area (Å²) in [5.41, 5.74) is 2.14. The molecule has 0 spiro atoms. The maximum absolute atomic E-state index is 6.04. The normalized spacial score (nSPS) is 12.2. The van der Waals surface area contributed by atoms with Crippen molar-refractivity contribution >= 4 is 33.2 Å². The fourth-order valence-corrected chi connectivity index (χ4v) is 1.98. The maximum atomic E-state index is 6.04. The van der Waals surface area contributed by atoms with E-state index < -0.39 is 0 Å². The van der Waals surface area contributed by atoms with Crippen molar-refractivity contribution < 1.29 is 0 Å². The SMILES string of the molecule is CC(Nc1ccc(Br)c(Cl)c1)c1cccnc1. The molecule has 1 atom stereocenters. The number of nitrogens with zero attached hydrogens (tertiary/aromatic N) is 1. The zero-order chi connectivity index (χ0) is 12.3. The molecular formula is C13H12BrClN2. The molecule has 1 aromatic carbocycles. The van der Waals surface area contributed by atoms with E-state index in [0.29, 0.717) is 5.02 Å². The van der Waals surface area contributed by atoms with Crippen molar-refractivity contribution in [1.82, 2.24) is 4.98 Å². The minimum absolute atomic E-state index is 0.195. The van der Waals surface area contributed by atoms with E-state index in [1.807, 2.05) is 36.5 Å². The molecule has 2 rings (SSSR count). The molecule has 1 heterocycles. The fourth-order valence-electron chi connectivity index (χ4n) is 1.55. The van der Waals surface area contributed by atoms with Crippen LogP contribution >= 0.6 is 27.5 Å². The summed E-state index contributed by atoms with van der Waals surface area (Å²) >= 11 is 9.41. The molecule has 17 heavy (non-hydrogen) atoms. The van der Waals surface area contributed by atoms with Crippen LogP contribution in [0.4, 0.5) is 5.69 Å². The molecule has 0 aliphatic heterocycles. The molecule has 1 N–H and O–H groups in total. The zero-order valence-electron chi connectivity index (χ0n) is 9.32. The van der Waals surface area contributed by atoms with Gasteiger partial charge in [-0.05, 0) is 52.7 Å². The summed E-state index contributed by atoms with van der Waals surface area (Å²) in [7, 11) is 0. The predicted octanol–water partition coefficient (Wildman–Crippen LogP) is 4.67. The highest BCUT2D eigenvalue weighted by atomic mass is 79.9. The number of aromatic nitrogens is 1. The van der Waals surface area contributed by atoms with Gasteiger partial charge in [-0.3, -0.25) is 4.98 Å². The highest BCUT2D eigenvalue weighted by Crippen LogP contribution is 2.27. The van der Waals surface area contributed by atoms with E-state index in [1.165, 1.54) is 0 Å². The largest absolute Gasteiger partial charge is 0.378 e. The number of hydrogen-bond donors (Lipinski definition) is 1. The summed E-state index contributed by atoms with van der Waals surface area (Å²) in [6.07, 6.45) is 3.63. The minimum Gasteiger partial charge on any atom is -0.378 e. The van der Waals surface area contributed by atoms with E-state index in [4.69, 9.17) is 11.6 Å². The second-order valence-corrected chi connectivity index (χ2v) is 5.04. The molecule has 0 saturated heterocycles. The van der Waals surface area contributed by atoms with E-state index in [-0.39, 0.29) is 6.04 Å². The Labute approximate surface area is 114 Å². The number of hydrogen-bond acceptors (Lipinski definition) is 2. The zero-order valence-corrected chi connectivity index (χ0v) is 11.7. The average Bonchev–Trinajstić information content (AvgIpc) is 2.35. The van der Waals surface area contributed by atoms with E-state index in [1.54, 1.807) is 6.20 Å². The van der Waals surface area contributed by atoms with Crippen LogP contribution in [-0.2, 0) is 0 Å². The highest BCUT2D eigenvalue weighted by molar-refractivity contribution is 9.10. The van der Waals surface area contributed by atoms with Crippen LogP contribution in [0.2, 0.25) is 5.02 Å². The van der Waals surface area contributed by atoms with Crippen LogP contribution in [0.5, 0.6) is 0 Å². The van der Waals surface area contributed by atoms with Crippen LogP contribution in [0.15, 0.2) is 47.2 Å². The Bertz CT molecular complexity index is 502. The number of rotatable bonds is 3. The van der Waals surface area contributed by atoms with E-state index in [0.717, 1.165) is 15.7 Å². The fraction of sp³-hybridized carbons (Fsp3) is 0.154. The molecule has 1 aromatic heterocycles. The van der Waals surface area contributed by atoms with E-state index in [2.05, 4.69) is 33.2 Å². The molecule has 4 heteroatoms. The molecule has 0 aliphatic carbocycles. The van der Waals surface area contributed by atoms with Crippen LogP contribution in [0.25, 0.3) is 0 Å². The number of pyridine rings is 1. The van der Waals surface area contributed by atoms with Crippen molar-refractivity contribution in [3.63, 3.8) is 0 Å². The standard InChI is InChI=1S/C13H12BrClN2/c1-9(10-3-2-6-16-8-10)17-11-4-5-12(14)13(15)7-11/h2-9,17H,1H3. The van der Waals surface area contributed by atoms with Crippen LogP contribution in [0.3, 0.4) is 0 Å². The van der Waals surface area contributed by atoms with Crippen LogP contribution < -0.4 is 5.32 Å². The van der Waals surface area contributed by atoms with E-state index >= 15 is 0 Å².